The molecule has 0 N–H and O–H groups in total. The van der Waals surface area contributed by atoms with Crippen molar-refractivity contribution in [2.45, 2.75) is 103 Å². The first-order valence-electron chi connectivity index (χ1n) is 13.2. The van der Waals surface area contributed by atoms with E-state index in [1.165, 1.54) is 53.3 Å². The zero-order valence-electron chi connectivity index (χ0n) is 21.8. The lowest BCUT2D eigenvalue weighted by molar-refractivity contribution is -0.119. The average molecular weight is 593 g/mol. The molecule has 188 valence electrons. The van der Waals surface area contributed by atoms with Gasteiger partial charge in [-0.15, -0.1) is 0 Å². The fraction of sp³-hybridized carbons (Fsp3) is 0.567. The maximum absolute atomic E-state index is 12.6. The zero-order valence-corrected chi connectivity index (χ0v) is 25.0. The summed E-state index contributed by atoms with van der Waals surface area (Å²) < 4.78 is 8.37. The van der Waals surface area contributed by atoms with Gasteiger partial charge in [-0.05, 0) is 46.0 Å². The predicted octanol–water partition coefficient (Wildman–Crippen LogP) is 7.86. The highest BCUT2D eigenvalue weighted by Gasteiger charge is 2.50. The Kier molecular flexibility index (Phi) is 13.1. The lowest BCUT2D eigenvalue weighted by atomic mass is 10.0. The van der Waals surface area contributed by atoms with Gasteiger partial charge in [-0.3, -0.25) is 4.79 Å². The van der Waals surface area contributed by atoms with Gasteiger partial charge in [0, 0.05) is 18.9 Å². The van der Waals surface area contributed by atoms with Crippen molar-refractivity contribution in [3.63, 3.8) is 0 Å². The molecule has 0 aromatic heterocycles. The van der Waals surface area contributed by atoms with E-state index in [9.17, 15) is 4.79 Å². The zero-order chi connectivity index (χ0) is 24.9. The van der Waals surface area contributed by atoms with Gasteiger partial charge in [-0.1, -0.05) is 136 Å². The van der Waals surface area contributed by atoms with Crippen molar-refractivity contribution >= 4 is 47.1 Å². The van der Waals surface area contributed by atoms with Crippen LogP contribution < -0.4 is 10.4 Å². The third-order valence-corrected chi connectivity index (χ3v) is 12.6. The molecule has 34 heavy (non-hydrogen) atoms. The first-order valence-corrected chi connectivity index (χ1v) is 16.6. The third-order valence-electron chi connectivity index (χ3n) is 6.71. The van der Waals surface area contributed by atoms with Crippen molar-refractivity contribution in [1.29, 1.82) is 0 Å². The van der Waals surface area contributed by atoms with Gasteiger partial charge in [0.2, 0.25) is 0 Å². The molecular formula is C30H45IO2Si. The van der Waals surface area contributed by atoms with Crippen LogP contribution in [0.15, 0.2) is 60.7 Å². The van der Waals surface area contributed by atoms with E-state index >= 15 is 0 Å². The Morgan fingerprint density at radius 1 is 0.794 bits per heavy atom. The van der Waals surface area contributed by atoms with Gasteiger partial charge in [0.25, 0.3) is 8.32 Å². The summed E-state index contributed by atoms with van der Waals surface area (Å²) in [5.74, 6) is 0.391. The van der Waals surface area contributed by atoms with Crippen molar-refractivity contribution in [3.05, 3.63) is 60.7 Å². The number of unbranched alkanes of at least 4 members (excludes halogenated alkanes) is 6. The van der Waals surface area contributed by atoms with Crippen LogP contribution in [0.25, 0.3) is 0 Å². The van der Waals surface area contributed by atoms with Crippen LogP contribution in [0.4, 0.5) is 0 Å². The maximum Gasteiger partial charge on any atom is 0.261 e. The van der Waals surface area contributed by atoms with E-state index in [1.54, 1.807) is 0 Å². The number of benzene rings is 2. The highest BCUT2D eigenvalue weighted by Crippen LogP contribution is 2.37. The van der Waals surface area contributed by atoms with Crippen LogP contribution in [0.1, 0.15) is 91.9 Å². The molecule has 0 fully saturated rings. The number of carbonyl (C=O) groups is 1. The molecule has 2 nitrogen and oxygen atoms in total. The van der Waals surface area contributed by atoms with Crippen LogP contribution in [0.2, 0.25) is 5.04 Å². The Labute approximate surface area is 223 Å². The third kappa shape index (κ3) is 8.91. The van der Waals surface area contributed by atoms with Gasteiger partial charge in [0.15, 0.2) is 0 Å². The van der Waals surface area contributed by atoms with E-state index < -0.39 is 8.32 Å². The molecule has 2 aromatic carbocycles. The number of rotatable bonds is 16. The maximum atomic E-state index is 12.6. The van der Waals surface area contributed by atoms with E-state index in [4.69, 9.17) is 4.43 Å². The normalized spacial score (nSPS) is 13.1. The second kappa shape index (κ2) is 15.2. The molecule has 1 unspecified atom stereocenters. The Balaban J connectivity index is 1.96. The quantitative estimate of drug-likeness (QED) is 0.0859. The van der Waals surface area contributed by atoms with Gasteiger partial charge >= 0.3 is 0 Å². The van der Waals surface area contributed by atoms with Crippen LogP contribution in [0.5, 0.6) is 0 Å². The molecule has 0 saturated heterocycles. The molecule has 0 aliphatic heterocycles. The summed E-state index contributed by atoms with van der Waals surface area (Å²) in [4.78, 5) is 12.6. The van der Waals surface area contributed by atoms with Crippen LogP contribution in [-0.4, -0.2) is 24.6 Å². The Morgan fingerprint density at radius 2 is 1.26 bits per heavy atom. The van der Waals surface area contributed by atoms with E-state index in [1.807, 2.05) is 0 Å². The minimum Gasteiger partial charge on any atom is -0.405 e. The van der Waals surface area contributed by atoms with Crippen molar-refractivity contribution in [2.24, 2.45) is 0 Å². The SMILES string of the molecule is CC(CCC(=O)CCCCCCCCCI)O[Si](c1ccccc1)(c1ccccc1)C(C)(C)C. The van der Waals surface area contributed by atoms with E-state index in [0.717, 1.165) is 19.3 Å². The van der Waals surface area contributed by atoms with Gasteiger partial charge in [-0.2, -0.15) is 0 Å². The van der Waals surface area contributed by atoms with Gasteiger partial charge < -0.3 is 4.43 Å². The predicted molar refractivity (Wildman–Crippen MR) is 158 cm³/mol. The van der Waals surface area contributed by atoms with Crippen LogP contribution in [0.3, 0.4) is 0 Å². The van der Waals surface area contributed by atoms with Crippen molar-refractivity contribution in [2.75, 3.05) is 4.43 Å². The first kappa shape index (κ1) is 29.2. The number of hydrogen-bond donors (Lipinski definition) is 0. The molecule has 0 spiro atoms. The Hall–Kier alpha value is -0.983. The van der Waals surface area contributed by atoms with E-state index in [0.29, 0.717) is 12.2 Å². The molecule has 0 aliphatic rings. The molecule has 0 aliphatic carbocycles. The average Bonchev–Trinajstić information content (AvgIpc) is 2.83. The molecule has 0 bridgehead atoms. The molecule has 0 amide bonds. The molecule has 0 heterocycles. The second-order valence-electron chi connectivity index (χ2n) is 10.6. The smallest absolute Gasteiger partial charge is 0.261 e. The number of hydrogen-bond acceptors (Lipinski definition) is 2. The summed E-state index contributed by atoms with van der Waals surface area (Å²) >= 11 is 2.45. The molecule has 4 heteroatoms. The number of carbonyl (C=O) groups excluding carboxylic acids is 1. The molecule has 2 rings (SSSR count). The Bertz CT molecular complexity index is 777. The monoisotopic (exact) mass is 592 g/mol. The van der Waals surface area contributed by atoms with Crippen molar-refractivity contribution < 1.29 is 9.22 Å². The summed E-state index contributed by atoms with van der Waals surface area (Å²) in [6.45, 7) is 9.07. The van der Waals surface area contributed by atoms with Crippen molar-refractivity contribution in [3.8, 4) is 0 Å². The number of Topliss-reactive ketones (excluding diaryl/α,β-unsaturated/α-hetero) is 1. The molecule has 0 saturated carbocycles. The first-order chi connectivity index (χ1) is 16.3. The van der Waals surface area contributed by atoms with Gasteiger partial charge in [-0.25, -0.2) is 0 Å². The summed E-state index contributed by atoms with van der Waals surface area (Å²) in [5.41, 5.74) is 0. The van der Waals surface area contributed by atoms with Gasteiger partial charge in [0.1, 0.15) is 5.78 Å². The largest absolute Gasteiger partial charge is 0.405 e. The van der Waals surface area contributed by atoms with Gasteiger partial charge in [0.05, 0.1) is 0 Å². The summed E-state index contributed by atoms with van der Waals surface area (Å²) in [5, 5.41) is 2.56. The van der Waals surface area contributed by atoms with Crippen LogP contribution in [0, 0.1) is 0 Å². The fourth-order valence-corrected chi connectivity index (χ4v) is 10.1. The number of alkyl halides is 1. The Morgan fingerprint density at radius 3 is 1.74 bits per heavy atom. The standard InChI is InChI=1S/C30H45IO2Si/c1-26(23-24-27(32)18-12-8-6-5-7-9-17-25-31)33-34(30(2,3)4,28-19-13-10-14-20-28)29-21-15-11-16-22-29/h10-11,13-16,19-22,26H,5-9,12,17-18,23-25H2,1-4H3. The van der Waals surface area contributed by atoms with Crippen LogP contribution >= 0.6 is 22.6 Å². The van der Waals surface area contributed by atoms with E-state index in [2.05, 4.69) is 111 Å². The van der Waals surface area contributed by atoms with E-state index in [-0.39, 0.29) is 11.1 Å². The number of halogens is 1. The summed E-state index contributed by atoms with van der Waals surface area (Å²) in [7, 11) is -2.55. The topological polar surface area (TPSA) is 26.3 Å². The molecule has 0 radical (unpaired) electrons. The lowest BCUT2D eigenvalue weighted by Crippen LogP contribution is -2.67. The fourth-order valence-electron chi connectivity index (χ4n) is 4.84. The van der Waals surface area contributed by atoms with Crippen molar-refractivity contribution in [1.82, 2.24) is 0 Å². The summed E-state index contributed by atoms with van der Waals surface area (Å²) in [6.07, 6.45) is 11.0. The molecular weight excluding hydrogens is 547 g/mol. The molecule has 1 atom stereocenters. The minimum atomic E-state index is -2.55. The number of ketones is 1. The second-order valence-corrected chi connectivity index (χ2v) is 15.9. The van der Waals surface area contributed by atoms with Crippen LogP contribution in [-0.2, 0) is 9.22 Å². The highest BCUT2D eigenvalue weighted by molar-refractivity contribution is 14.1. The molecule has 2 aromatic rings. The highest BCUT2D eigenvalue weighted by atomic mass is 127. The summed E-state index contributed by atoms with van der Waals surface area (Å²) in [6, 6.07) is 21.5. The minimum absolute atomic E-state index is 0.0353. The lowest BCUT2D eigenvalue weighted by Gasteiger charge is -2.44.